The van der Waals surface area contributed by atoms with E-state index in [1.165, 1.54) is 12.1 Å². The average molecular weight is 380 g/mol. The molecule has 0 aliphatic rings. The summed E-state index contributed by atoms with van der Waals surface area (Å²) in [5, 5.41) is 41.1. The summed E-state index contributed by atoms with van der Waals surface area (Å²) in [6.45, 7) is 1.78. The van der Waals surface area contributed by atoms with Gasteiger partial charge in [0.05, 0.1) is 11.0 Å². The SMILES string of the molecule is Cc1cc(Oc2cc(NC(C#N)=C(C#N)C#N)cc([N+](=O)[O-])c2)ccc1Cl. The number of aryl methyl sites for hydroxylation is 1. The van der Waals surface area contributed by atoms with E-state index in [-0.39, 0.29) is 22.8 Å². The van der Waals surface area contributed by atoms with Gasteiger partial charge in [-0.15, -0.1) is 0 Å². The highest BCUT2D eigenvalue weighted by molar-refractivity contribution is 6.31. The fraction of sp³-hybridized carbons (Fsp3) is 0.0556. The lowest BCUT2D eigenvalue weighted by Crippen LogP contribution is -2.02. The zero-order valence-corrected chi connectivity index (χ0v) is 14.6. The number of nitriles is 3. The lowest BCUT2D eigenvalue weighted by molar-refractivity contribution is -0.384. The van der Waals surface area contributed by atoms with Crippen LogP contribution in [0, 0.1) is 51.0 Å². The van der Waals surface area contributed by atoms with E-state index in [1.807, 2.05) is 0 Å². The van der Waals surface area contributed by atoms with Gasteiger partial charge in [-0.05, 0) is 30.7 Å². The molecule has 0 aliphatic carbocycles. The van der Waals surface area contributed by atoms with Crippen molar-refractivity contribution < 1.29 is 9.66 Å². The van der Waals surface area contributed by atoms with E-state index >= 15 is 0 Å². The van der Waals surface area contributed by atoms with Gasteiger partial charge in [-0.3, -0.25) is 10.1 Å². The maximum atomic E-state index is 11.2. The van der Waals surface area contributed by atoms with Crippen molar-refractivity contribution in [2.24, 2.45) is 0 Å². The number of anilines is 1. The molecule has 2 aromatic carbocycles. The molecule has 0 heterocycles. The molecular formula is C18H10ClN5O3. The summed E-state index contributed by atoms with van der Waals surface area (Å²) in [5.74, 6) is 0.537. The molecule has 0 saturated heterocycles. The van der Waals surface area contributed by atoms with Crippen LogP contribution < -0.4 is 10.1 Å². The largest absolute Gasteiger partial charge is 0.457 e. The molecule has 132 valence electrons. The summed E-state index contributed by atoms with van der Waals surface area (Å²) in [7, 11) is 0. The number of benzene rings is 2. The number of non-ortho nitro benzene ring substituents is 1. The molecule has 27 heavy (non-hydrogen) atoms. The third-order valence-electron chi connectivity index (χ3n) is 3.32. The molecule has 0 amide bonds. The van der Waals surface area contributed by atoms with Crippen LogP contribution in [0.4, 0.5) is 11.4 Å². The van der Waals surface area contributed by atoms with E-state index in [1.54, 1.807) is 43.3 Å². The van der Waals surface area contributed by atoms with Crippen LogP contribution >= 0.6 is 11.6 Å². The average Bonchev–Trinajstić information content (AvgIpc) is 2.64. The summed E-state index contributed by atoms with van der Waals surface area (Å²) in [6.07, 6.45) is 0. The van der Waals surface area contributed by atoms with E-state index in [0.717, 1.165) is 11.6 Å². The molecule has 2 rings (SSSR count). The van der Waals surface area contributed by atoms with Gasteiger partial charge >= 0.3 is 0 Å². The molecule has 0 saturated carbocycles. The van der Waals surface area contributed by atoms with Crippen molar-refractivity contribution in [2.45, 2.75) is 6.92 Å². The molecule has 2 aromatic rings. The van der Waals surface area contributed by atoms with Gasteiger partial charge in [0.1, 0.15) is 35.4 Å². The minimum absolute atomic E-state index is 0.115. The van der Waals surface area contributed by atoms with Crippen molar-refractivity contribution in [1.29, 1.82) is 15.8 Å². The van der Waals surface area contributed by atoms with E-state index < -0.39 is 10.5 Å². The number of nitrogens with zero attached hydrogens (tertiary/aromatic N) is 4. The molecular weight excluding hydrogens is 370 g/mol. The predicted octanol–water partition coefficient (Wildman–Crippen LogP) is 4.59. The summed E-state index contributed by atoms with van der Waals surface area (Å²) in [5.41, 5.74) is -0.188. The smallest absolute Gasteiger partial charge is 0.275 e. The summed E-state index contributed by atoms with van der Waals surface area (Å²) in [4.78, 5) is 10.6. The molecule has 1 N–H and O–H groups in total. The Kier molecular flexibility index (Phi) is 5.96. The van der Waals surface area contributed by atoms with E-state index in [2.05, 4.69) is 5.32 Å². The lowest BCUT2D eigenvalue weighted by Gasteiger charge is -2.10. The Hall–Kier alpha value is -4.06. The van der Waals surface area contributed by atoms with E-state index in [4.69, 9.17) is 32.1 Å². The van der Waals surface area contributed by atoms with E-state index in [9.17, 15) is 10.1 Å². The second kappa shape index (κ2) is 8.35. The third-order valence-corrected chi connectivity index (χ3v) is 3.75. The highest BCUT2D eigenvalue weighted by Crippen LogP contribution is 2.31. The standard InChI is InChI=1S/C18H10ClN5O3/c1-11-4-15(2-3-17(11)19)27-16-6-13(5-14(7-16)24(25)26)23-18(10-22)12(8-20)9-21/h2-7,23H,1H3. The number of hydrogen-bond acceptors (Lipinski definition) is 7. The van der Waals surface area contributed by atoms with Crippen LogP contribution in [0.15, 0.2) is 47.7 Å². The maximum Gasteiger partial charge on any atom is 0.275 e. The molecule has 0 aromatic heterocycles. The fourth-order valence-electron chi connectivity index (χ4n) is 2.06. The van der Waals surface area contributed by atoms with Crippen LogP contribution in [0.1, 0.15) is 5.56 Å². The first-order valence-electron chi connectivity index (χ1n) is 7.33. The van der Waals surface area contributed by atoms with Crippen molar-refractivity contribution >= 4 is 23.0 Å². The normalized spacial score (nSPS) is 9.30. The number of nitro groups is 1. The van der Waals surface area contributed by atoms with Gasteiger partial charge in [-0.25, -0.2) is 0 Å². The Morgan fingerprint density at radius 2 is 1.81 bits per heavy atom. The molecule has 8 nitrogen and oxygen atoms in total. The predicted molar refractivity (Wildman–Crippen MR) is 96.8 cm³/mol. The minimum Gasteiger partial charge on any atom is -0.457 e. The van der Waals surface area contributed by atoms with Crippen LogP contribution in [-0.2, 0) is 0 Å². The monoisotopic (exact) mass is 379 g/mol. The third kappa shape index (κ3) is 4.73. The first kappa shape index (κ1) is 19.3. The lowest BCUT2D eigenvalue weighted by atomic mass is 10.2. The molecule has 0 atom stereocenters. The van der Waals surface area contributed by atoms with Crippen LogP contribution in [0.2, 0.25) is 5.02 Å². The number of halogens is 1. The van der Waals surface area contributed by atoms with Gasteiger partial charge in [-0.2, -0.15) is 15.8 Å². The Labute approximate surface area is 159 Å². The number of nitro benzene ring substituents is 1. The molecule has 0 fully saturated rings. The van der Waals surface area contributed by atoms with Gasteiger partial charge in [0.2, 0.25) is 0 Å². The number of hydrogen-bond donors (Lipinski definition) is 1. The topological polar surface area (TPSA) is 136 Å². The first-order valence-corrected chi connectivity index (χ1v) is 7.70. The second-order valence-electron chi connectivity index (χ2n) is 5.20. The van der Waals surface area contributed by atoms with Crippen LogP contribution in [-0.4, -0.2) is 4.92 Å². The Morgan fingerprint density at radius 1 is 1.11 bits per heavy atom. The molecule has 0 bridgehead atoms. The van der Waals surface area contributed by atoms with Crippen molar-refractivity contribution in [2.75, 3.05) is 5.32 Å². The number of allylic oxidation sites excluding steroid dienone is 2. The van der Waals surface area contributed by atoms with Gasteiger partial charge in [0, 0.05) is 22.8 Å². The molecule has 9 heteroatoms. The second-order valence-corrected chi connectivity index (χ2v) is 5.60. The molecule has 0 spiro atoms. The van der Waals surface area contributed by atoms with Gasteiger partial charge < -0.3 is 10.1 Å². The van der Waals surface area contributed by atoms with Crippen LogP contribution in [0.25, 0.3) is 0 Å². The first-order chi connectivity index (χ1) is 12.9. The van der Waals surface area contributed by atoms with Crippen LogP contribution in [0.5, 0.6) is 11.5 Å². The van der Waals surface area contributed by atoms with Crippen molar-refractivity contribution in [3.63, 3.8) is 0 Å². The highest BCUT2D eigenvalue weighted by atomic mass is 35.5. The van der Waals surface area contributed by atoms with Crippen LogP contribution in [0.3, 0.4) is 0 Å². The fourth-order valence-corrected chi connectivity index (χ4v) is 2.18. The number of nitrogens with one attached hydrogen (secondary N) is 1. The summed E-state index contributed by atoms with van der Waals surface area (Å²) >= 11 is 5.96. The summed E-state index contributed by atoms with van der Waals surface area (Å²) in [6, 6.07) is 13.5. The summed E-state index contributed by atoms with van der Waals surface area (Å²) < 4.78 is 5.64. The van der Waals surface area contributed by atoms with Gasteiger partial charge in [-0.1, -0.05) is 11.6 Å². The molecule has 0 radical (unpaired) electrons. The van der Waals surface area contributed by atoms with Crippen molar-refractivity contribution in [3.05, 3.63) is 68.4 Å². The van der Waals surface area contributed by atoms with Crippen molar-refractivity contribution in [3.8, 4) is 29.7 Å². The Bertz CT molecular complexity index is 1060. The van der Waals surface area contributed by atoms with Crippen molar-refractivity contribution in [1.82, 2.24) is 0 Å². The zero-order chi connectivity index (χ0) is 20.0. The Morgan fingerprint density at radius 3 is 2.37 bits per heavy atom. The quantitative estimate of drug-likeness (QED) is 0.455. The zero-order valence-electron chi connectivity index (χ0n) is 13.9. The molecule has 0 aliphatic heterocycles. The number of ether oxygens (including phenoxy) is 1. The number of rotatable bonds is 5. The van der Waals surface area contributed by atoms with Gasteiger partial charge in [0.15, 0.2) is 5.57 Å². The maximum absolute atomic E-state index is 11.2. The van der Waals surface area contributed by atoms with Gasteiger partial charge in [0.25, 0.3) is 5.69 Å². The highest BCUT2D eigenvalue weighted by Gasteiger charge is 2.14. The van der Waals surface area contributed by atoms with E-state index in [0.29, 0.717) is 10.8 Å². The molecule has 0 unspecified atom stereocenters. The minimum atomic E-state index is -0.629. The Balaban J connectivity index is 2.45.